The van der Waals surface area contributed by atoms with Crippen molar-refractivity contribution in [3.05, 3.63) is 24.3 Å². The zero-order valence-corrected chi connectivity index (χ0v) is 9.26. The number of hydroxylamine groups is 2. The van der Waals surface area contributed by atoms with Crippen molar-refractivity contribution in [3.8, 4) is 0 Å². The molecule has 2 heterocycles. The Hall–Kier alpha value is -1.26. The van der Waals surface area contributed by atoms with Crippen LogP contribution in [-0.2, 0) is 9.68 Å². The molecule has 0 unspecified atom stereocenters. The molecule has 4 heteroatoms. The molecule has 4 nitrogen and oxygen atoms in total. The van der Waals surface area contributed by atoms with E-state index in [-0.39, 0.29) is 0 Å². The van der Waals surface area contributed by atoms with Gasteiger partial charge in [-0.15, -0.1) is 0 Å². The summed E-state index contributed by atoms with van der Waals surface area (Å²) in [5, 5.41) is 3.92. The van der Waals surface area contributed by atoms with Gasteiger partial charge >= 0.3 is 0 Å². The predicted octanol–water partition coefficient (Wildman–Crippen LogP) is 1.97. The summed E-state index contributed by atoms with van der Waals surface area (Å²) in [4.78, 5) is 11.1. The van der Waals surface area contributed by atoms with Crippen LogP contribution in [0.2, 0.25) is 0 Å². The normalized spacial score (nSPS) is 20.8. The lowest BCUT2D eigenvalue weighted by atomic mass is 10.2. The second-order valence-electron chi connectivity index (χ2n) is 4.10. The van der Waals surface area contributed by atoms with Crippen molar-refractivity contribution in [1.29, 1.82) is 0 Å². The first kappa shape index (κ1) is 9.93. The largest absolute Gasteiger partial charge is 0.273 e. The smallest absolute Gasteiger partial charge is 0.0766 e. The number of hydrogen-bond acceptors (Lipinski definition) is 4. The molecule has 2 saturated heterocycles. The molecule has 2 fully saturated rings. The highest BCUT2D eigenvalue weighted by molar-refractivity contribution is 5.57. The first-order chi connectivity index (χ1) is 7.93. The second-order valence-corrected chi connectivity index (χ2v) is 4.10. The number of rotatable bonds is 2. The van der Waals surface area contributed by atoms with Crippen molar-refractivity contribution in [1.82, 2.24) is 0 Å². The average Bonchev–Trinajstić information content (AvgIpc) is 3.03. The molecule has 0 spiro atoms. The molecule has 0 aromatic heterocycles. The molecule has 0 aliphatic carbocycles. The monoisotopic (exact) mass is 220 g/mol. The van der Waals surface area contributed by atoms with Crippen LogP contribution in [0.1, 0.15) is 12.8 Å². The van der Waals surface area contributed by atoms with E-state index in [1.807, 2.05) is 16.2 Å². The molecule has 2 aliphatic rings. The lowest BCUT2D eigenvalue weighted by Crippen LogP contribution is -2.19. The first-order valence-corrected chi connectivity index (χ1v) is 5.84. The van der Waals surface area contributed by atoms with Gasteiger partial charge in [-0.25, -0.2) is 0 Å². The Balaban J connectivity index is 1.81. The van der Waals surface area contributed by atoms with Crippen LogP contribution < -0.4 is 10.1 Å². The van der Waals surface area contributed by atoms with Gasteiger partial charge in [0.1, 0.15) is 0 Å². The van der Waals surface area contributed by atoms with Crippen molar-refractivity contribution in [2.24, 2.45) is 0 Å². The molecule has 2 aliphatic heterocycles. The van der Waals surface area contributed by atoms with Crippen LogP contribution in [0.4, 0.5) is 11.4 Å². The fourth-order valence-corrected chi connectivity index (χ4v) is 2.11. The fourth-order valence-electron chi connectivity index (χ4n) is 2.11. The van der Waals surface area contributed by atoms with Crippen LogP contribution in [0.15, 0.2) is 24.3 Å². The van der Waals surface area contributed by atoms with Gasteiger partial charge < -0.3 is 0 Å². The van der Waals surface area contributed by atoms with E-state index < -0.39 is 0 Å². The topological polar surface area (TPSA) is 24.9 Å². The van der Waals surface area contributed by atoms with Crippen LogP contribution in [0.3, 0.4) is 0 Å². The molecule has 0 amide bonds. The lowest BCUT2D eigenvalue weighted by Gasteiger charge is -2.20. The maximum absolute atomic E-state index is 5.53. The van der Waals surface area contributed by atoms with Gasteiger partial charge in [0, 0.05) is 13.1 Å². The van der Waals surface area contributed by atoms with Crippen molar-refractivity contribution < 1.29 is 9.68 Å². The maximum Gasteiger partial charge on any atom is 0.0766 e. The second kappa shape index (κ2) is 4.31. The van der Waals surface area contributed by atoms with Gasteiger partial charge in [0.2, 0.25) is 0 Å². The van der Waals surface area contributed by atoms with Crippen LogP contribution >= 0.6 is 0 Å². The minimum atomic E-state index is 0.824. The van der Waals surface area contributed by atoms with Crippen LogP contribution in [-0.4, -0.2) is 26.3 Å². The van der Waals surface area contributed by atoms with Gasteiger partial charge in [0.05, 0.1) is 24.6 Å². The Morgan fingerprint density at radius 3 is 1.88 bits per heavy atom. The van der Waals surface area contributed by atoms with E-state index in [1.165, 1.54) is 0 Å². The Labute approximate surface area is 95.3 Å². The first-order valence-electron chi connectivity index (χ1n) is 5.84. The van der Waals surface area contributed by atoms with Crippen LogP contribution in [0.5, 0.6) is 0 Å². The standard InChI is InChI=1S/C12H16N2O2/c1-4-11(13-6-2-8-15-13)10-12(5-1)14-7-3-9-16-14/h1,4-5,10H,2-3,6-9H2. The van der Waals surface area contributed by atoms with Gasteiger partial charge in [-0.05, 0) is 31.0 Å². The quantitative estimate of drug-likeness (QED) is 0.760. The molecular weight excluding hydrogens is 204 g/mol. The highest BCUT2D eigenvalue weighted by Crippen LogP contribution is 2.26. The van der Waals surface area contributed by atoms with E-state index in [0.717, 1.165) is 50.5 Å². The molecule has 0 saturated carbocycles. The molecule has 1 aromatic rings. The Kier molecular flexibility index (Phi) is 2.68. The molecule has 0 N–H and O–H groups in total. The third-order valence-electron chi connectivity index (χ3n) is 2.91. The van der Waals surface area contributed by atoms with Gasteiger partial charge in [-0.3, -0.25) is 19.8 Å². The molecule has 0 atom stereocenters. The summed E-state index contributed by atoms with van der Waals surface area (Å²) in [6, 6.07) is 8.32. The molecule has 1 aromatic carbocycles. The number of hydrogen-bond donors (Lipinski definition) is 0. The Morgan fingerprint density at radius 1 is 0.875 bits per heavy atom. The Bertz CT molecular complexity index is 327. The molecule has 0 radical (unpaired) electrons. The number of benzene rings is 1. The number of anilines is 2. The van der Waals surface area contributed by atoms with Crippen molar-refractivity contribution >= 4 is 11.4 Å². The minimum absolute atomic E-state index is 0.824. The summed E-state index contributed by atoms with van der Waals surface area (Å²) < 4.78 is 0. The lowest BCUT2D eigenvalue weighted by molar-refractivity contribution is 0.165. The summed E-state index contributed by atoms with van der Waals surface area (Å²) in [7, 11) is 0. The van der Waals surface area contributed by atoms with Crippen LogP contribution in [0, 0.1) is 0 Å². The summed E-state index contributed by atoms with van der Waals surface area (Å²) in [6.45, 7) is 3.60. The van der Waals surface area contributed by atoms with Gasteiger partial charge in [-0.2, -0.15) is 0 Å². The summed E-state index contributed by atoms with van der Waals surface area (Å²) >= 11 is 0. The molecular formula is C12H16N2O2. The third kappa shape index (κ3) is 1.86. The predicted molar refractivity (Wildman–Crippen MR) is 62.3 cm³/mol. The summed E-state index contributed by atoms with van der Waals surface area (Å²) in [5.74, 6) is 0. The van der Waals surface area contributed by atoms with E-state index in [2.05, 4.69) is 18.2 Å². The summed E-state index contributed by atoms with van der Waals surface area (Å²) in [6.07, 6.45) is 2.20. The van der Waals surface area contributed by atoms with Crippen LogP contribution in [0.25, 0.3) is 0 Å². The maximum atomic E-state index is 5.53. The number of nitrogens with zero attached hydrogens (tertiary/aromatic N) is 2. The fraction of sp³-hybridized carbons (Fsp3) is 0.500. The highest BCUT2D eigenvalue weighted by Gasteiger charge is 2.17. The van der Waals surface area contributed by atoms with E-state index in [9.17, 15) is 0 Å². The molecule has 3 rings (SSSR count). The van der Waals surface area contributed by atoms with E-state index in [1.54, 1.807) is 0 Å². The third-order valence-corrected chi connectivity index (χ3v) is 2.91. The SMILES string of the molecule is c1cc(N2CCCO2)cc(N2CCCO2)c1. The zero-order chi connectivity index (χ0) is 10.8. The molecule has 16 heavy (non-hydrogen) atoms. The molecule has 86 valence electrons. The van der Waals surface area contributed by atoms with E-state index >= 15 is 0 Å². The van der Waals surface area contributed by atoms with Crippen molar-refractivity contribution in [2.45, 2.75) is 12.8 Å². The minimum Gasteiger partial charge on any atom is -0.273 e. The summed E-state index contributed by atoms with van der Waals surface area (Å²) in [5.41, 5.74) is 2.23. The van der Waals surface area contributed by atoms with E-state index in [4.69, 9.17) is 9.68 Å². The van der Waals surface area contributed by atoms with Crippen molar-refractivity contribution in [2.75, 3.05) is 36.4 Å². The Morgan fingerprint density at radius 2 is 1.44 bits per heavy atom. The zero-order valence-electron chi connectivity index (χ0n) is 9.26. The molecule has 0 bridgehead atoms. The van der Waals surface area contributed by atoms with Gasteiger partial charge in [0.25, 0.3) is 0 Å². The van der Waals surface area contributed by atoms with Crippen molar-refractivity contribution in [3.63, 3.8) is 0 Å². The van der Waals surface area contributed by atoms with Gasteiger partial charge in [-0.1, -0.05) is 6.07 Å². The van der Waals surface area contributed by atoms with E-state index in [0.29, 0.717) is 0 Å². The van der Waals surface area contributed by atoms with Gasteiger partial charge in [0.15, 0.2) is 0 Å². The average molecular weight is 220 g/mol. The highest BCUT2D eigenvalue weighted by atomic mass is 16.7.